The minimum absolute atomic E-state index is 0.0119. The summed E-state index contributed by atoms with van der Waals surface area (Å²) in [4.78, 5) is 28.1. The molecule has 0 unspecified atom stereocenters. The van der Waals surface area contributed by atoms with Crippen molar-refractivity contribution >= 4 is 34.6 Å². The van der Waals surface area contributed by atoms with Gasteiger partial charge in [0.25, 0.3) is 5.91 Å². The molecule has 1 fully saturated rings. The van der Waals surface area contributed by atoms with Gasteiger partial charge in [0.1, 0.15) is 6.10 Å². The zero-order valence-corrected chi connectivity index (χ0v) is 21.2. The minimum atomic E-state index is -1.81. The smallest absolute Gasteiger partial charge is 0.255 e. The molecule has 1 amide bonds. The summed E-state index contributed by atoms with van der Waals surface area (Å²) in [5.41, 5.74) is 3.49. The Labute approximate surface area is 219 Å². The summed E-state index contributed by atoms with van der Waals surface area (Å²) in [5, 5.41) is 32.8. The molecule has 1 aromatic heterocycles. The fraction of sp³-hybridized carbons (Fsp3) is 0.321. The van der Waals surface area contributed by atoms with Gasteiger partial charge in [0.05, 0.1) is 17.7 Å². The van der Waals surface area contributed by atoms with E-state index in [-0.39, 0.29) is 12.5 Å². The molecule has 1 aliphatic rings. The number of aryl methyl sites for hydroxylation is 1. The van der Waals surface area contributed by atoms with Crippen LogP contribution < -0.4 is 0 Å². The summed E-state index contributed by atoms with van der Waals surface area (Å²) >= 11 is 7.60. The van der Waals surface area contributed by atoms with E-state index in [1.807, 2.05) is 41.8 Å². The number of nitrogens with zero attached hydrogens (tertiary/aromatic N) is 2. The van der Waals surface area contributed by atoms with Gasteiger partial charge < -0.3 is 15.1 Å². The molecule has 8 heteroatoms. The highest BCUT2D eigenvalue weighted by atomic mass is 35.5. The molecule has 2 aromatic carbocycles. The molecule has 0 aliphatic carbocycles. The fourth-order valence-corrected chi connectivity index (χ4v) is 5.71. The van der Waals surface area contributed by atoms with E-state index in [9.17, 15) is 25.1 Å². The first-order valence-electron chi connectivity index (χ1n) is 11.9. The van der Waals surface area contributed by atoms with Gasteiger partial charge in [-0.15, -0.1) is 11.3 Å². The van der Waals surface area contributed by atoms with Crippen LogP contribution in [0.1, 0.15) is 52.4 Å². The van der Waals surface area contributed by atoms with Gasteiger partial charge in [-0.25, -0.2) is 0 Å². The number of aliphatic hydroxyl groups is 2. The summed E-state index contributed by atoms with van der Waals surface area (Å²) in [6.07, 6.45) is -1.07. The second-order valence-corrected chi connectivity index (χ2v) is 10.4. The molecule has 3 atom stereocenters. The van der Waals surface area contributed by atoms with Crippen LogP contribution in [0.3, 0.4) is 0 Å². The first-order chi connectivity index (χ1) is 17.4. The maximum atomic E-state index is 13.0. The van der Waals surface area contributed by atoms with Gasteiger partial charge in [-0.1, -0.05) is 41.9 Å². The Morgan fingerprint density at radius 2 is 1.94 bits per heavy atom. The third kappa shape index (κ3) is 6.03. The van der Waals surface area contributed by atoms with E-state index in [4.69, 9.17) is 11.6 Å². The second kappa shape index (κ2) is 11.8. The van der Waals surface area contributed by atoms with Crippen molar-refractivity contribution in [3.8, 4) is 6.07 Å². The number of Topliss-reactive ketones (excluding diaryl/α,β-unsaturated/α-hetero) is 1. The summed E-state index contributed by atoms with van der Waals surface area (Å²) in [6.45, 7) is 0.445. The molecule has 0 spiro atoms. The maximum absolute atomic E-state index is 13.0. The predicted octanol–water partition coefficient (Wildman–Crippen LogP) is 4.45. The lowest BCUT2D eigenvalue weighted by Gasteiger charge is -2.28. The molecule has 0 saturated carbocycles. The van der Waals surface area contributed by atoms with Crippen molar-refractivity contribution < 1.29 is 19.8 Å². The summed E-state index contributed by atoms with van der Waals surface area (Å²) in [5.74, 6) is -1.22. The van der Waals surface area contributed by atoms with Gasteiger partial charge in [0.2, 0.25) is 0 Å². The van der Waals surface area contributed by atoms with Crippen LogP contribution in [0.25, 0.3) is 0 Å². The molecular formula is C28H27ClN2O4S. The highest BCUT2D eigenvalue weighted by molar-refractivity contribution is 7.10. The second-order valence-electron chi connectivity index (χ2n) is 8.97. The molecule has 4 rings (SSSR count). The number of likely N-dealkylation sites (tertiary alicyclic amines) is 1. The van der Waals surface area contributed by atoms with E-state index >= 15 is 0 Å². The number of nitriles is 1. The van der Waals surface area contributed by atoms with Crippen LogP contribution in [-0.2, 0) is 22.4 Å². The number of ketones is 1. The Bertz CT molecular complexity index is 1280. The highest BCUT2D eigenvalue weighted by Crippen LogP contribution is 2.33. The Balaban J connectivity index is 1.33. The van der Waals surface area contributed by atoms with E-state index in [1.165, 1.54) is 16.2 Å². The van der Waals surface area contributed by atoms with Crippen molar-refractivity contribution in [1.82, 2.24) is 4.90 Å². The number of carbonyl (C=O) groups is 2. The number of aliphatic hydroxyl groups excluding tert-OH is 2. The number of rotatable bonds is 9. The number of hydrogen-bond donors (Lipinski definition) is 2. The summed E-state index contributed by atoms with van der Waals surface area (Å²) in [7, 11) is 0. The number of thiophene rings is 1. The fourth-order valence-electron chi connectivity index (χ4n) is 4.62. The van der Waals surface area contributed by atoms with Crippen molar-refractivity contribution in [2.75, 3.05) is 6.54 Å². The van der Waals surface area contributed by atoms with Crippen LogP contribution >= 0.6 is 22.9 Å². The molecule has 0 bridgehead atoms. The molecule has 186 valence electrons. The molecular weight excluding hydrogens is 496 g/mol. The van der Waals surface area contributed by atoms with Crippen molar-refractivity contribution in [2.24, 2.45) is 0 Å². The van der Waals surface area contributed by atoms with Gasteiger partial charge in [-0.2, -0.15) is 5.26 Å². The number of amides is 1. The van der Waals surface area contributed by atoms with E-state index in [0.29, 0.717) is 30.0 Å². The predicted molar refractivity (Wildman–Crippen MR) is 139 cm³/mol. The number of benzene rings is 2. The molecule has 1 aliphatic heterocycles. The largest absolute Gasteiger partial charge is 0.382 e. The Morgan fingerprint density at radius 3 is 2.72 bits per heavy atom. The van der Waals surface area contributed by atoms with Gasteiger partial charge in [-0.05, 0) is 72.0 Å². The lowest BCUT2D eigenvalue weighted by molar-refractivity contribution is -0.153. The SMILES string of the molecule is N#Cc1ccccc1Cc1csc(CCC(=O)[C@H](O)[C@@H](O)C(=O)N2CCC[C@@H]2c2cccc(Cl)c2)c1. The zero-order valence-electron chi connectivity index (χ0n) is 19.6. The first kappa shape index (κ1) is 26.1. The topological polar surface area (TPSA) is 102 Å². The van der Waals surface area contributed by atoms with E-state index in [2.05, 4.69) is 6.07 Å². The Kier molecular flexibility index (Phi) is 8.55. The average molecular weight is 523 g/mol. The van der Waals surface area contributed by atoms with Gasteiger partial charge in [-0.3, -0.25) is 9.59 Å². The molecule has 1 saturated heterocycles. The third-order valence-corrected chi connectivity index (χ3v) is 7.79. The molecule has 3 aromatic rings. The lowest BCUT2D eigenvalue weighted by Crippen LogP contribution is -2.47. The molecule has 2 N–H and O–H groups in total. The number of halogens is 1. The van der Waals surface area contributed by atoms with E-state index in [0.717, 1.165) is 34.4 Å². The standard InChI is InChI=1S/C28H27ClN2O4S/c29-22-8-3-7-20(15-22)24-9-4-12-31(24)28(35)27(34)26(33)25(32)11-10-23-14-18(17-36-23)13-19-5-1-2-6-21(19)16-30/h1-3,5-8,14-15,17,24,26-27,33-34H,4,9-13H2/t24-,26+,27-/m1/s1. The maximum Gasteiger partial charge on any atom is 0.255 e. The third-order valence-electron chi connectivity index (χ3n) is 6.51. The Morgan fingerprint density at radius 1 is 1.14 bits per heavy atom. The zero-order chi connectivity index (χ0) is 25.7. The molecule has 6 nitrogen and oxygen atoms in total. The summed E-state index contributed by atoms with van der Waals surface area (Å²) < 4.78 is 0. The lowest BCUT2D eigenvalue weighted by atomic mass is 10.0. The van der Waals surface area contributed by atoms with Crippen LogP contribution in [0.15, 0.2) is 60.0 Å². The number of hydrogen-bond acceptors (Lipinski definition) is 6. The highest BCUT2D eigenvalue weighted by Gasteiger charge is 2.38. The molecule has 0 radical (unpaired) electrons. The van der Waals surface area contributed by atoms with Crippen LogP contribution in [0, 0.1) is 11.3 Å². The van der Waals surface area contributed by atoms with Gasteiger partial charge in [0, 0.05) is 22.9 Å². The van der Waals surface area contributed by atoms with E-state index < -0.39 is 23.9 Å². The van der Waals surface area contributed by atoms with E-state index in [1.54, 1.807) is 18.2 Å². The molecule has 2 heterocycles. The average Bonchev–Trinajstić information content (AvgIpc) is 3.56. The van der Waals surface area contributed by atoms with Crippen molar-refractivity contribution in [2.45, 2.75) is 50.4 Å². The van der Waals surface area contributed by atoms with Crippen LogP contribution in [0.4, 0.5) is 0 Å². The van der Waals surface area contributed by atoms with Crippen molar-refractivity contribution in [1.29, 1.82) is 5.26 Å². The van der Waals surface area contributed by atoms with Crippen molar-refractivity contribution in [3.05, 3.63) is 92.1 Å². The molecule has 36 heavy (non-hydrogen) atoms. The van der Waals surface area contributed by atoms with Crippen LogP contribution in [0.5, 0.6) is 0 Å². The van der Waals surface area contributed by atoms with Gasteiger partial charge in [0.15, 0.2) is 11.9 Å². The first-order valence-corrected chi connectivity index (χ1v) is 13.1. The summed E-state index contributed by atoms with van der Waals surface area (Å²) in [6, 6.07) is 18.6. The van der Waals surface area contributed by atoms with Gasteiger partial charge >= 0.3 is 0 Å². The normalized spacial score (nSPS) is 16.9. The quantitative estimate of drug-likeness (QED) is 0.432. The minimum Gasteiger partial charge on any atom is -0.382 e. The monoisotopic (exact) mass is 522 g/mol. The van der Waals surface area contributed by atoms with Crippen LogP contribution in [0.2, 0.25) is 5.02 Å². The van der Waals surface area contributed by atoms with Crippen LogP contribution in [-0.4, -0.2) is 45.6 Å². The number of carbonyl (C=O) groups excluding carboxylic acids is 2. The van der Waals surface area contributed by atoms with Crippen molar-refractivity contribution in [3.63, 3.8) is 0 Å². The Hall–Kier alpha value is -3.02.